The van der Waals surface area contributed by atoms with Crippen molar-refractivity contribution in [2.45, 2.75) is 58.6 Å². The van der Waals surface area contributed by atoms with Gasteiger partial charge in [0.1, 0.15) is 0 Å². The molecule has 1 aromatic rings. The SMILES string of the molecule is CCCNC(Cc1c(Br)c(CC)nn1C)C1CCOC1C. The van der Waals surface area contributed by atoms with E-state index in [1.165, 1.54) is 10.2 Å². The Morgan fingerprint density at radius 1 is 1.48 bits per heavy atom. The number of nitrogens with zero attached hydrogens (tertiary/aromatic N) is 2. The monoisotopic (exact) mass is 357 g/mol. The first kappa shape index (κ1) is 17.0. The maximum Gasteiger partial charge on any atom is 0.0766 e. The number of aromatic nitrogens is 2. The fourth-order valence-electron chi connectivity index (χ4n) is 3.23. The Bertz CT molecular complexity index is 461. The van der Waals surface area contributed by atoms with Gasteiger partial charge in [0.2, 0.25) is 0 Å². The average Bonchev–Trinajstić information content (AvgIpc) is 3.00. The minimum Gasteiger partial charge on any atom is -0.378 e. The highest BCUT2D eigenvalue weighted by Gasteiger charge is 2.32. The second-order valence-corrected chi connectivity index (χ2v) is 6.77. The molecule has 0 aliphatic carbocycles. The molecule has 2 heterocycles. The van der Waals surface area contributed by atoms with Crippen LogP contribution in [0.15, 0.2) is 4.47 Å². The number of nitrogens with one attached hydrogen (secondary N) is 1. The third kappa shape index (κ3) is 3.88. The zero-order chi connectivity index (χ0) is 15.4. The van der Waals surface area contributed by atoms with Crippen LogP contribution in [0.3, 0.4) is 0 Å². The van der Waals surface area contributed by atoms with Gasteiger partial charge in [-0.25, -0.2) is 0 Å². The Balaban J connectivity index is 2.16. The molecule has 1 aromatic heterocycles. The predicted octanol–water partition coefficient (Wildman–Crippen LogP) is 3.08. The van der Waals surface area contributed by atoms with Crippen LogP contribution in [0.5, 0.6) is 0 Å². The maximum atomic E-state index is 5.78. The molecule has 2 rings (SSSR count). The van der Waals surface area contributed by atoms with Crippen LogP contribution in [-0.4, -0.2) is 35.1 Å². The van der Waals surface area contributed by atoms with Gasteiger partial charge < -0.3 is 10.1 Å². The molecular formula is C16H28BrN3O. The predicted molar refractivity (Wildman–Crippen MR) is 89.6 cm³/mol. The maximum absolute atomic E-state index is 5.78. The molecule has 1 fully saturated rings. The highest BCUT2D eigenvalue weighted by Crippen LogP contribution is 2.29. The fraction of sp³-hybridized carbons (Fsp3) is 0.812. The molecule has 0 bridgehead atoms. The van der Waals surface area contributed by atoms with E-state index in [4.69, 9.17) is 4.74 Å². The number of halogens is 1. The Hall–Kier alpha value is -0.390. The Labute approximate surface area is 136 Å². The van der Waals surface area contributed by atoms with Crippen molar-refractivity contribution in [1.82, 2.24) is 15.1 Å². The van der Waals surface area contributed by atoms with Crippen molar-refractivity contribution in [1.29, 1.82) is 0 Å². The number of rotatable bonds is 7. The van der Waals surface area contributed by atoms with Crippen molar-refractivity contribution in [3.8, 4) is 0 Å². The van der Waals surface area contributed by atoms with E-state index in [-0.39, 0.29) is 0 Å². The molecule has 1 aliphatic heterocycles. The normalized spacial score (nSPS) is 23.7. The highest BCUT2D eigenvalue weighted by molar-refractivity contribution is 9.10. The van der Waals surface area contributed by atoms with Crippen molar-refractivity contribution in [2.75, 3.05) is 13.2 Å². The first-order chi connectivity index (χ1) is 10.1. The van der Waals surface area contributed by atoms with Crippen molar-refractivity contribution < 1.29 is 4.74 Å². The lowest BCUT2D eigenvalue weighted by molar-refractivity contribution is 0.0951. The van der Waals surface area contributed by atoms with E-state index < -0.39 is 0 Å². The molecule has 0 spiro atoms. The summed E-state index contributed by atoms with van der Waals surface area (Å²) in [5.74, 6) is 0.587. The van der Waals surface area contributed by atoms with Gasteiger partial charge >= 0.3 is 0 Å². The van der Waals surface area contributed by atoms with Crippen LogP contribution in [0.4, 0.5) is 0 Å². The van der Waals surface area contributed by atoms with Crippen LogP contribution < -0.4 is 5.32 Å². The molecule has 1 saturated heterocycles. The second kappa shape index (κ2) is 7.75. The van der Waals surface area contributed by atoms with Gasteiger partial charge in [0.15, 0.2) is 0 Å². The van der Waals surface area contributed by atoms with Crippen molar-refractivity contribution in [2.24, 2.45) is 13.0 Å². The smallest absolute Gasteiger partial charge is 0.0766 e. The molecule has 0 aromatic carbocycles. The lowest BCUT2D eigenvalue weighted by Crippen LogP contribution is -2.41. The van der Waals surface area contributed by atoms with E-state index in [0.717, 1.165) is 44.5 Å². The summed E-state index contributed by atoms with van der Waals surface area (Å²) in [4.78, 5) is 0. The number of hydrogen-bond donors (Lipinski definition) is 1. The summed E-state index contributed by atoms with van der Waals surface area (Å²) in [6, 6.07) is 0.457. The Morgan fingerprint density at radius 3 is 2.76 bits per heavy atom. The van der Waals surface area contributed by atoms with Crippen LogP contribution >= 0.6 is 15.9 Å². The van der Waals surface area contributed by atoms with E-state index in [9.17, 15) is 0 Å². The zero-order valence-corrected chi connectivity index (χ0v) is 15.2. The zero-order valence-electron chi connectivity index (χ0n) is 13.7. The van der Waals surface area contributed by atoms with Gasteiger partial charge in [-0.3, -0.25) is 4.68 Å². The van der Waals surface area contributed by atoms with E-state index >= 15 is 0 Å². The third-order valence-electron chi connectivity index (χ3n) is 4.52. The summed E-state index contributed by atoms with van der Waals surface area (Å²) < 4.78 is 8.99. The van der Waals surface area contributed by atoms with E-state index in [2.05, 4.69) is 47.1 Å². The van der Waals surface area contributed by atoms with Crippen molar-refractivity contribution in [3.05, 3.63) is 15.9 Å². The summed E-state index contributed by atoms with van der Waals surface area (Å²) in [7, 11) is 2.05. The van der Waals surface area contributed by atoms with Crippen LogP contribution in [0.2, 0.25) is 0 Å². The van der Waals surface area contributed by atoms with Crippen LogP contribution in [0, 0.1) is 5.92 Å². The summed E-state index contributed by atoms with van der Waals surface area (Å²) >= 11 is 3.74. The molecule has 21 heavy (non-hydrogen) atoms. The molecule has 120 valence electrons. The van der Waals surface area contributed by atoms with E-state index in [1.807, 2.05) is 11.7 Å². The summed E-state index contributed by atoms with van der Waals surface area (Å²) in [6.45, 7) is 8.52. The molecule has 1 N–H and O–H groups in total. The lowest BCUT2D eigenvalue weighted by atomic mass is 9.90. The summed E-state index contributed by atoms with van der Waals surface area (Å²) in [5, 5.41) is 8.35. The Morgan fingerprint density at radius 2 is 2.24 bits per heavy atom. The molecule has 3 atom stereocenters. The third-order valence-corrected chi connectivity index (χ3v) is 5.44. The standard InChI is InChI=1S/C16H28BrN3O/c1-5-8-18-14(12-7-9-21-11(12)3)10-15-16(17)13(6-2)19-20(15)4/h11-12,14,18H,5-10H2,1-4H3. The quantitative estimate of drug-likeness (QED) is 0.814. The van der Waals surface area contributed by atoms with Crippen LogP contribution in [0.1, 0.15) is 45.0 Å². The van der Waals surface area contributed by atoms with Gasteiger partial charge in [0, 0.05) is 32.0 Å². The topological polar surface area (TPSA) is 39.1 Å². The minimum absolute atomic E-state index is 0.344. The summed E-state index contributed by atoms with van der Waals surface area (Å²) in [6.07, 6.45) is 4.62. The highest BCUT2D eigenvalue weighted by atomic mass is 79.9. The molecule has 3 unspecified atom stereocenters. The number of aryl methyl sites for hydroxylation is 2. The van der Waals surface area contributed by atoms with Gasteiger partial charge in [0.25, 0.3) is 0 Å². The van der Waals surface area contributed by atoms with Gasteiger partial charge in [-0.2, -0.15) is 5.10 Å². The second-order valence-electron chi connectivity index (χ2n) is 5.98. The van der Waals surface area contributed by atoms with E-state index in [1.54, 1.807) is 0 Å². The van der Waals surface area contributed by atoms with Gasteiger partial charge in [0.05, 0.1) is 22.0 Å². The Kier molecular flexibility index (Phi) is 6.26. The average molecular weight is 358 g/mol. The van der Waals surface area contributed by atoms with Crippen molar-refractivity contribution in [3.63, 3.8) is 0 Å². The number of ether oxygens (including phenoxy) is 1. The molecule has 0 radical (unpaired) electrons. The molecule has 1 aliphatic rings. The molecule has 4 nitrogen and oxygen atoms in total. The van der Waals surface area contributed by atoms with E-state index in [0.29, 0.717) is 18.1 Å². The fourth-order valence-corrected chi connectivity index (χ4v) is 4.01. The molecule has 0 amide bonds. The molecule has 5 heteroatoms. The van der Waals surface area contributed by atoms with Gasteiger partial charge in [-0.1, -0.05) is 13.8 Å². The first-order valence-corrected chi connectivity index (χ1v) is 8.92. The first-order valence-electron chi connectivity index (χ1n) is 8.13. The van der Waals surface area contributed by atoms with Crippen LogP contribution in [0.25, 0.3) is 0 Å². The number of hydrogen-bond acceptors (Lipinski definition) is 3. The molecular weight excluding hydrogens is 330 g/mol. The lowest BCUT2D eigenvalue weighted by Gasteiger charge is -2.27. The van der Waals surface area contributed by atoms with Crippen LogP contribution in [-0.2, 0) is 24.6 Å². The molecule has 0 saturated carbocycles. The largest absolute Gasteiger partial charge is 0.378 e. The van der Waals surface area contributed by atoms with Gasteiger partial charge in [-0.15, -0.1) is 0 Å². The summed E-state index contributed by atoms with van der Waals surface area (Å²) in [5.41, 5.74) is 2.44. The van der Waals surface area contributed by atoms with Crippen molar-refractivity contribution >= 4 is 15.9 Å². The van der Waals surface area contributed by atoms with Gasteiger partial charge in [-0.05, 0) is 48.7 Å². The minimum atomic E-state index is 0.344.